The molecule has 2 aromatic carbocycles. The van der Waals surface area contributed by atoms with Gasteiger partial charge in [-0.1, -0.05) is 6.92 Å². The van der Waals surface area contributed by atoms with Gasteiger partial charge in [0.1, 0.15) is 5.82 Å². The summed E-state index contributed by atoms with van der Waals surface area (Å²) in [6, 6.07) is 15.5. The van der Waals surface area contributed by atoms with Gasteiger partial charge < -0.3 is 5.73 Å². The van der Waals surface area contributed by atoms with Crippen molar-refractivity contribution in [1.29, 1.82) is 5.26 Å². The second kappa shape index (κ2) is 5.29. The Morgan fingerprint density at radius 3 is 2.62 bits per heavy atom. The van der Waals surface area contributed by atoms with Crippen LogP contribution in [0.4, 0.5) is 5.69 Å². The van der Waals surface area contributed by atoms with E-state index in [0.717, 1.165) is 41.1 Å². The minimum Gasteiger partial charge on any atom is -0.399 e. The molecule has 0 unspecified atom stereocenters. The van der Waals surface area contributed by atoms with Crippen LogP contribution in [-0.4, -0.2) is 9.55 Å². The Morgan fingerprint density at radius 1 is 1.19 bits per heavy atom. The van der Waals surface area contributed by atoms with Crippen molar-refractivity contribution in [3.05, 3.63) is 53.9 Å². The third kappa shape index (κ3) is 2.34. The van der Waals surface area contributed by atoms with Crippen molar-refractivity contribution in [2.75, 3.05) is 5.73 Å². The third-order valence-corrected chi connectivity index (χ3v) is 3.48. The Hall–Kier alpha value is -2.80. The van der Waals surface area contributed by atoms with Crippen molar-refractivity contribution < 1.29 is 0 Å². The molecule has 1 aromatic heterocycles. The van der Waals surface area contributed by atoms with E-state index in [0.29, 0.717) is 5.56 Å². The van der Waals surface area contributed by atoms with Crippen molar-refractivity contribution in [1.82, 2.24) is 9.55 Å². The number of anilines is 1. The summed E-state index contributed by atoms with van der Waals surface area (Å²) in [5.41, 5.74) is 10.2. The summed E-state index contributed by atoms with van der Waals surface area (Å²) in [6.07, 6.45) is 1.92. The summed E-state index contributed by atoms with van der Waals surface area (Å²) in [5.74, 6) is 1.02. The highest BCUT2D eigenvalue weighted by atomic mass is 15.1. The van der Waals surface area contributed by atoms with Gasteiger partial charge in [-0.25, -0.2) is 4.98 Å². The highest BCUT2D eigenvalue weighted by Crippen LogP contribution is 2.24. The van der Waals surface area contributed by atoms with E-state index in [9.17, 15) is 0 Å². The van der Waals surface area contributed by atoms with E-state index in [-0.39, 0.29) is 0 Å². The summed E-state index contributed by atoms with van der Waals surface area (Å²) in [7, 11) is 0. The number of fused-ring (bicyclic) bond motifs is 1. The molecule has 4 heteroatoms. The zero-order valence-corrected chi connectivity index (χ0v) is 11.9. The van der Waals surface area contributed by atoms with E-state index >= 15 is 0 Å². The van der Waals surface area contributed by atoms with Crippen molar-refractivity contribution >= 4 is 16.7 Å². The predicted molar refractivity (Wildman–Crippen MR) is 84.2 cm³/mol. The Labute approximate surface area is 123 Å². The fraction of sp³-hybridized carbons (Fsp3) is 0.176. The number of nitrogens with two attached hydrogens (primary N) is 1. The minimum atomic E-state index is 0.657. The molecule has 0 amide bonds. The summed E-state index contributed by atoms with van der Waals surface area (Å²) in [6.45, 7) is 2.14. The van der Waals surface area contributed by atoms with E-state index in [1.807, 2.05) is 42.5 Å². The van der Waals surface area contributed by atoms with Crippen LogP contribution < -0.4 is 5.73 Å². The number of hydrogen-bond donors (Lipinski definition) is 1. The SMILES string of the molecule is CCCc1nc2cc(N)ccc2n1-c1ccc(C#N)cc1. The molecule has 2 N–H and O–H groups in total. The molecule has 3 aromatic rings. The number of imidazole rings is 1. The molecule has 0 atom stereocenters. The number of rotatable bonds is 3. The zero-order chi connectivity index (χ0) is 14.8. The molecule has 4 nitrogen and oxygen atoms in total. The van der Waals surface area contributed by atoms with Gasteiger partial charge in [-0.15, -0.1) is 0 Å². The normalized spacial score (nSPS) is 10.7. The van der Waals surface area contributed by atoms with Crippen LogP contribution in [0, 0.1) is 11.3 Å². The molecule has 0 radical (unpaired) electrons. The first-order chi connectivity index (χ1) is 10.2. The maximum Gasteiger partial charge on any atom is 0.114 e. The Kier molecular flexibility index (Phi) is 3.33. The highest BCUT2D eigenvalue weighted by Gasteiger charge is 2.12. The van der Waals surface area contributed by atoms with E-state index in [1.165, 1.54) is 0 Å². The average molecular weight is 276 g/mol. The predicted octanol–water partition coefficient (Wildman–Crippen LogP) is 3.43. The molecule has 0 fully saturated rings. The summed E-state index contributed by atoms with van der Waals surface area (Å²) < 4.78 is 2.14. The first-order valence-corrected chi connectivity index (χ1v) is 7.00. The minimum absolute atomic E-state index is 0.657. The Morgan fingerprint density at radius 2 is 1.95 bits per heavy atom. The summed E-state index contributed by atoms with van der Waals surface area (Å²) >= 11 is 0. The van der Waals surface area contributed by atoms with Crippen molar-refractivity contribution in [2.24, 2.45) is 0 Å². The lowest BCUT2D eigenvalue weighted by Crippen LogP contribution is -2.01. The van der Waals surface area contributed by atoms with Crippen LogP contribution in [0.2, 0.25) is 0 Å². The van der Waals surface area contributed by atoms with Crippen molar-refractivity contribution in [3.63, 3.8) is 0 Å². The molecule has 21 heavy (non-hydrogen) atoms. The Bertz CT molecular complexity index is 822. The largest absolute Gasteiger partial charge is 0.399 e. The first kappa shape index (κ1) is 13.2. The number of hydrogen-bond acceptors (Lipinski definition) is 3. The van der Waals surface area contributed by atoms with Crippen LogP contribution in [0.1, 0.15) is 24.7 Å². The van der Waals surface area contributed by atoms with Crippen LogP contribution in [0.5, 0.6) is 0 Å². The van der Waals surface area contributed by atoms with E-state index in [4.69, 9.17) is 16.0 Å². The van der Waals surface area contributed by atoms with Crippen LogP contribution >= 0.6 is 0 Å². The first-order valence-electron chi connectivity index (χ1n) is 7.00. The number of aryl methyl sites for hydroxylation is 1. The molecule has 104 valence electrons. The van der Waals surface area contributed by atoms with E-state index < -0.39 is 0 Å². The molecule has 3 rings (SSSR count). The molecular weight excluding hydrogens is 260 g/mol. The van der Waals surface area contributed by atoms with Crippen LogP contribution in [0.25, 0.3) is 16.7 Å². The molecule has 0 aliphatic carbocycles. The monoisotopic (exact) mass is 276 g/mol. The lowest BCUT2D eigenvalue weighted by Gasteiger charge is -2.09. The second-order valence-corrected chi connectivity index (χ2v) is 5.02. The van der Waals surface area contributed by atoms with Crippen molar-refractivity contribution in [3.8, 4) is 11.8 Å². The van der Waals surface area contributed by atoms with Crippen LogP contribution in [0.15, 0.2) is 42.5 Å². The van der Waals surface area contributed by atoms with Gasteiger partial charge in [0.05, 0.1) is 22.7 Å². The van der Waals surface area contributed by atoms with Gasteiger partial charge in [-0.05, 0) is 48.9 Å². The van der Waals surface area contributed by atoms with Gasteiger partial charge in [-0.3, -0.25) is 4.57 Å². The molecule has 1 heterocycles. The van der Waals surface area contributed by atoms with Crippen molar-refractivity contribution in [2.45, 2.75) is 19.8 Å². The maximum absolute atomic E-state index is 8.92. The van der Waals surface area contributed by atoms with Gasteiger partial charge in [0.15, 0.2) is 0 Å². The Balaban J connectivity index is 2.22. The molecule has 0 bridgehead atoms. The number of nitriles is 1. The molecular formula is C17H16N4. The second-order valence-electron chi connectivity index (χ2n) is 5.02. The number of nitrogens with zero attached hydrogens (tertiary/aromatic N) is 3. The fourth-order valence-electron chi connectivity index (χ4n) is 2.51. The van der Waals surface area contributed by atoms with Gasteiger partial charge in [-0.2, -0.15) is 5.26 Å². The molecule has 0 saturated carbocycles. The van der Waals surface area contributed by atoms with Crippen LogP contribution in [-0.2, 0) is 6.42 Å². The number of benzene rings is 2. The smallest absolute Gasteiger partial charge is 0.114 e. The molecule has 0 spiro atoms. The number of nitrogen functional groups attached to an aromatic ring is 1. The van der Waals surface area contributed by atoms with E-state index in [2.05, 4.69) is 17.6 Å². The van der Waals surface area contributed by atoms with Crippen LogP contribution in [0.3, 0.4) is 0 Å². The zero-order valence-electron chi connectivity index (χ0n) is 11.9. The molecule has 0 aliphatic heterocycles. The van der Waals surface area contributed by atoms with Gasteiger partial charge >= 0.3 is 0 Å². The molecule has 0 aliphatic rings. The standard InChI is InChI=1S/C17H16N4/c1-2-3-17-20-15-10-13(19)6-9-16(15)21(17)14-7-4-12(11-18)5-8-14/h4-10H,2-3,19H2,1H3. The third-order valence-electron chi connectivity index (χ3n) is 3.48. The van der Waals surface area contributed by atoms with Gasteiger partial charge in [0, 0.05) is 17.8 Å². The van der Waals surface area contributed by atoms with Gasteiger partial charge in [0.2, 0.25) is 0 Å². The molecule has 0 saturated heterocycles. The maximum atomic E-state index is 8.92. The summed E-state index contributed by atoms with van der Waals surface area (Å²) in [4.78, 5) is 4.70. The average Bonchev–Trinajstić information content (AvgIpc) is 2.85. The summed E-state index contributed by atoms with van der Waals surface area (Å²) in [5, 5.41) is 8.92. The van der Waals surface area contributed by atoms with Gasteiger partial charge in [0.25, 0.3) is 0 Å². The lowest BCUT2D eigenvalue weighted by atomic mass is 10.2. The number of aromatic nitrogens is 2. The van der Waals surface area contributed by atoms with E-state index in [1.54, 1.807) is 0 Å². The highest BCUT2D eigenvalue weighted by molar-refractivity contribution is 5.81. The lowest BCUT2D eigenvalue weighted by molar-refractivity contribution is 0.818. The quantitative estimate of drug-likeness (QED) is 0.745. The topological polar surface area (TPSA) is 67.6 Å². The fourth-order valence-corrected chi connectivity index (χ4v) is 2.51.